The van der Waals surface area contributed by atoms with Gasteiger partial charge in [-0.25, -0.2) is 9.50 Å². The lowest BCUT2D eigenvalue weighted by molar-refractivity contribution is -0.0679. The predicted molar refractivity (Wildman–Crippen MR) is 95.9 cm³/mol. The molecule has 1 N–H and O–H groups in total. The molecule has 0 aliphatic carbocycles. The first-order valence-electron chi connectivity index (χ1n) is 8.92. The van der Waals surface area contributed by atoms with E-state index in [1.54, 1.807) is 10.6 Å². The molecule has 0 unspecified atom stereocenters. The Bertz CT molecular complexity index is 747. The lowest BCUT2D eigenvalue weighted by Crippen LogP contribution is -2.46. The normalized spacial score (nSPS) is 21.6. The van der Waals surface area contributed by atoms with Crippen molar-refractivity contribution in [3.05, 3.63) is 29.2 Å². The summed E-state index contributed by atoms with van der Waals surface area (Å²) in [6, 6.07) is 3.66. The first-order chi connectivity index (χ1) is 11.9. The van der Waals surface area contributed by atoms with Crippen LogP contribution in [0.25, 0.3) is 5.65 Å². The number of amides is 1. The van der Waals surface area contributed by atoms with Crippen molar-refractivity contribution in [2.45, 2.75) is 46.3 Å². The van der Waals surface area contributed by atoms with E-state index in [-0.39, 0.29) is 18.1 Å². The third-order valence-electron chi connectivity index (χ3n) is 4.39. The highest BCUT2D eigenvalue weighted by Gasteiger charge is 2.21. The zero-order valence-corrected chi connectivity index (χ0v) is 15.5. The number of rotatable bonds is 5. The number of hydrogen-bond acceptors (Lipinski definition) is 5. The largest absolute Gasteiger partial charge is 0.373 e. The monoisotopic (exact) mass is 345 g/mol. The van der Waals surface area contributed by atoms with Gasteiger partial charge in [-0.2, -0.15) is 5.10 Å². The summed E-state index contributed by atoms with van der Waals surface area (Å²) in [5.74, 6) is -0.131. The Morgan fingerprint density at radius 2 is 2.00 bits per heavy atom. The second-order valence-electron chi connectivity index (χ2n) is 6.96. The van der Waals surface area contributed by atoms with Gasteiger partial charge >= 0.3 is 0 Å². The maximum Gasteiger partial charge on any atom is 0.270 e. The van der Waals surface area contributed by atoms with Gasteiger partial charge in [0.2, 0.25) is 0 Å². The van der Waals surface area contributed by atoms with E-state index in [1.165, 1.54) is 0 Å². The van der Waals surface area contributed by atoms with Gasteiger partial charge in [0, 0.05) is 37.9 Å². The first-order valence-corrected chi connectivity index (χ1v) is 8.92. The number of ether oxygens (including phenoxy) is 1. The minimum absolute atomic E-state index is 0.131. The molecule has 7 heteroatoms. The standard InChI is InChI=1S/C18H27N5O2/c1-12-8-17-20-16(9-13(2)23(17)21-12)18(24)19-6-5-7-22-10-14(3)25-15(4)11-22/h8-9,14-15H,5-7,10-11H2,1-4H3,(H,19,24)/t14-,15+. The van der Waals surface area contributed by atoms with Gasteiger partial charge in [-0.05, 0) is 40.2 Å². The minimum atomic E-state index is -0.131. The van der Waals surface area contributed by atoms with E-state index >= 15 is 0 Å². The number of nitrogens with zero attached hydrogens (tertiary/aromatic N) is 4. The molecular formula is C18H27N5O2. The third kappa shape index (κ3) is 4.35. The number of nitrogens with one attached hydrogen (secondary N) is 1. The summed E-state index contributed by atoms with van der Waals surface area (Å²) in [4.78, 5) is 19.2. The van der Waals surface area contributed by atoms with Crippen molar-refractivity contribution < 1.29 is 9.53 Å². The van der Waals surface area contributed by atoms with Crippen LogP contribution in [0.2, 0.25) is 0 Å². The van der Waals surface area contributed by atoms with E-state index in [9.17, 15) is 4.79 Å². The van der Waals surface area contributed by atoms with Crippen LogP contribution in [0.1, 0.15) is 42.1 Å². The van der Waals surface area contributed by atoms with Crippen molar-refractivity contribution in [1.29, 1.82) is 0 Å². The van der Waals surface area contributed by atoms with Crippen molar-refractivity contribution in [2.75, 3.05) is 26.2 Å². The van der Waals surface area contributed by atoms with Crippen LogP contribution in [0.4, 0.5) is 0 Å². The molecule has 3 rings (SSSR count). The maximum atomic E-state index is 12.4. The van der Waals surface area contributed by atoms with Crippen LogP contribution in [0, 0.1) is 13.8 Å². The van der Waals surface area contributed by atoms with E-state index < -0.39 is 0 Å². The predicted octanol–water partition coefficient (Wildman–Crippen LogP) is 1.58. The fourth-order valence-corrected chi connectivity index (χ4v) is 3.42. The number of fused-ring (bicyclic) bond motifs is 1. The average molecular weight is 345 g/mol. The highest BCUT2D eigenvalue weighted by atomic mass is 16.5. The average Bonchev–Trinajstić information content (AvgIpc) is 2.91. The summed E-state index contributed by atoms with van der Waals surface area (Å²) in [6.07, 6.45) is 1.46. The summed E-state index contributed by atoms with van der Waals surface area (Å²) in [5, 5.41) is 7.33. The van der Waals surface area contributed by atoms with Crippen molar-refractivity contribution in [2.24, 2.45) is 0 Å². The first kappa shape index (κ1) is 17.8. The van der Waals surface area contributed by atoms with E-state index in [0.29, 0.717) is 17.9 Å². The van der Waals surface area contributed by atoms with E-state index in [1.807, 2.05) is 19.9 Å². The summed E-state index contributed by atoms with van der Waals surface area (Å²) < 4.78 is 7.50. The number of carbonyl (C=O) groups excluding carboxylic acids is 1. The maximum absolute atomic E-state index is 12.4. The van der Waals surface area contributed by atoms with Crippen LogP contribution in [-0.2, 0) is 4.74 Å². The van der Waals surface area contributed by atoms with Crippen molar-refractivity contribution >= 4 is 11.6 Å². The zero-order chi connectivity index (χ0) is 18.0. The lowest BCUT2D eigenvalue weighted by Gasteiger charge is -2.35. The van der Waals surface area contributed by atoms with Gasteiger partial charge in [0.25, 0.3) is 5.91 Å². The van der Waals surface area contributed by atoms with Gasteiger partial charge in [-0.1, -0.05) is 0 Å². The Balaban J connectivity index is 1.51. The van der Waals surface area contributed by atoms with Gasteiger partial charge in [-0.15, -0.1) is 0 Å². The quantitative estimate of drug-likeness (QED) is 0.833. The number of aryl methyl sites for hydroxylation is 2. The van der Waals surface area contributed by atoms with Crippen molar-refractivity contribution in [1.82, 2.24) is 24.8 Å². The molecule has 2 aromatic rings. The molecule has 25 heavy (non-hydrogen) atoms. The van der Waals surface area contributed by atoms with Crippen LogP contribution in [0.3, 0.4) is 0 Å². The summed E-state index contributed by atoms with van der Waals surface area (Å²) in [6.45, 7) is 11.6. The fraction of sp³-hybridized carbons (Fsp3) is 0.611. The van der Waals surface area contributed by atoms with Crippen molar-refractivity contribution in [3.8, 4) is 0 Å². The number of carbonyl (C=O) groups is 1. The summed E-state index contributed by atoms with van der Waals surface area (Å²) in [5.41, 5.74) is 2.94. The molecular weight excluding hydrogens is 318 g/mol. The van der Waals surface area contributed by atoms with Crippen LogP contribution >= 0.6 is 0 Å². The molecule has 0 radical (unpaired) electrons. The molecule has 1 saturated heterocycles. The van der Waals surface area contributed by atoms with Crippen LogP contribution in [0.15, 0.2) is 12.1 Å². The highest BCUT2D eigenvalue weighted by molar-refractivity contribution is 5.92. The SMILES string of the molecule is Cc1cc2nc(C(=O)NCCCN3C[C@@H](C)O[C@@H](C)C3)cc(C)n2n1. The summed E-state index contributed by atoms with van der Waals surface area (Å²) >= 11 is 0. The molecule has 1 aliphatic rings. The van der Waals surface area contributed by atoms with Crippen molar-refractivity contribution in [3.63, 3.8) is 0 Å². The summed E-state index contributed by atoms with van der Waals surface area (Å²) in [7, 11) is 0. The molecule has 0 saturated carbocycles. The van der Waals surface area contributed by atoms with Gasteiger partial charge in [0.15, 0.2) is 5.65 Å². The molecule has 136 valence electrons. The number of aromatic nitrogens is 3. The van der Waals surface area contributed by atoms with E-state index in [4.69, 9.17) is 4.74 Å². The highest BCUT2D eigenvalue weighted by Crippen LogP contribution is 2.11. The molecule has 2 atom stereocenters. The molecule has 0 spiro atoms. The third-order valence-corrected chi connectivity index (χ3v) is 4.39. The van der Waals surface area contributed by atoms with Gasteiger partial charge in [0.05, 0.1) is 17.9 Å². The molecule has 2 aromatic heterocycles. The van der Waals surface area contributed by atoms with Gasteiger partial charge in [-0.3, -0.25) is 9.69 Å². The van der Waals surface area contributed by atoms with Crippen LogP contribution in [-0.4, -0.2) is 63.8 Å². The Kier molecular flexibility index (Phi) is 5.34. The minimum Gasteiger partial charge on any atom is -0.373 e. The van der Waals surface area contributed by atoms with E-state index in [2.05, 4.69) is 34.1 Å². The molecule has 1 fully saturated rings. The fourth-order valence-electron chi connectivity index (χ4n) is 3.42. The second kappa shape index (κ2) is 7.49. The molecule has 1 amide bonds. The Morgan fingerprint density at radius 3 is 2.72 bits per heavy atom. The molecule has 0 aromatic carbocycles. The molecule has 3 heterocycles. The van der Waals surface area contributed by atoms with Gasteiger partial charge < -0.3 is 10.1 Å². The van der Waals surface area contributed by atoms with Gasteiger partial charge in [0.1, 0.15) is 5.69 Å². The Labute approximate surface area is 148 Å². The molecule has 1 aliphatic heterocycles. The topological polar surface area (TPSA) is 71.8 Å². The number of hydrogen-bond donors (Lipinski definition) is 1. The molecule has 0 bridgehead atoms. The van der Waals surface area contributed by atoms with Crippen LogP contribution in [0.5, 0.6) is 0 Å². The smallest absolute Gasteiger partial charge is 0.270 e. The molecule has 7 nitrogen and oxygen atoms in total. The van der Waals surface area contributed by atoms with E-state index in [0.717, 1.165) is 37.4 Å². The Morgan fingerprint density at radius 1 is 1.28 bits per heavy atom. The zero-order valence-electron chi connectivity index (χ0n) is 15.5. The Hall–Kier alpha value is -1.99. The van der Waals surface area contributed by atoms with Crippen LogP contribution < -0.4 is 5.32 Å². The lowest BCUT2D eigenvalue weighted by atomic mass is 10.2. The second-order valence-corrected chi connectivity index (χ2v) is 6.96. The number of morpholine rings is 1.